The standard InChI is InChI=1S/C27H25ClN2O2/c1-15-10-16(2)12-22(11-15)30-26(31)24(20-7-6-17(3)18(4)13-20)25(27(30)32)29-23-9-8-21(28)14-19(23)5/h6-14,29H,1-5H3. The Morgan fingerprint density at radius 1 is 0.719 bits per heavy atom. The number of anilines is 2. The molecule has 3 aromatic rings. The van der Waals surface area contributed by atoms with Gasteiger partial charge in [-0.25, -0.2) is 4.90 Å². The fourth-order valence-electron chi connectivity index (χ4n) is 4.03. The minimum Gasteiger partial charge on any atom is -0.350 e. The summed E-state index contributed by atoms with van der Waals surface area (Å²) in [4.78, 5) is 28.5. The second-order valence-electron chi connectivity index (χ2n) is 8.42. The van der Waals surface area contributed by atoms with Crippen LogP contribution in [0.1, 0.15) is 33.4 Å². The van der Waals surface area contributed by atoms with Crippen LogP contribution in [-0.4, -0.2) is 11.8 Å². The molecule has 162 valence electrons. The van der Waals surface area contributed by atoms with Crippen LogP contribution in [0.3, 0.4) is 0 Å². The SMILES string of the molecule is Cc1cc(C)cc(N2C(=O)C(Nc3ccc(Cl)cc3C)=C(c3ccc(C)c(C)c3)C2=O)c1. The molecule has 0 bridgehead atoms. The lowest BCUT2D eigenvalue weighted by atomic mass is 9.99. The zero-order chi connectivity index (χ0) is 23.2. The summed E-state index contributed by atoms with van der Waals surface area (Å²) < 4.78 is 0. The molecule has 1 heterocycles. The molecule has 0 aromatic heterocycles. The molecule has 1 aliphatic rings. The quantitative estimate of drug-likeness (QED) is 0.482. The Hall–Kier alpha value is -3.37. The number of carbonyl (C=O) groups is 2. The molecular formula is C27H25ClN2O2. The van der Waals surface area contributed by atoms with Crippen LogP contribution >= 0.6 is 11.6 Å². The zero-order valence-corrected chi connectivity index (χ0v) is 19.6. The van der Waals surface area contributed by atoms with Crippen LogP contribution in [0.5, 0.6) is 0 Å². The third kappa shape index (κ3) is 3.94. The van der Waals surface area contributed by atoms with E-state index in [-0.39, 0.29) is 17.5 Å². The van der Waals surface area contributed by atoms with Crippen molar-refractivity contribution in [2.75, 3.05) is 10.2 Å². The number of hydrogen-bond donors (Lipinski definition) is 1. The Kier molecular flexibility index (Phi) is 5.66. The van der Waals surface area contributed by atoms with Gasteiger partial charge in [0, 0.05) is 10.7 Å². The normalized spacial score (nSPS) is 13.9. The van der Waals surface area contributed by atoms with Crippen molar-refractivity contribution in [3.05, 3.63) is 98.7 Å². The molecule has 0 aliphatic carbocycles. The molecule has 0 fully saturated rings. The molecule has 0 radical (unpaired) electrons. The van der Waals surface area contributed by atoms with Crippen molar-refractivity contribution in [3.8, 4) is 0 Å². The first-order chi connectivity index (χ1) is 15.2. The molecule has 5 heteroatoms. The maximum atomic E-state index is 13.7. The van der Waals surface area contributed by atoms with E-state index in [1.54, 1.807) is 6.07 Å². The molecule has 1 aliphatic heterocycles. The average molecular weight is 445 g/mol. The predicted octanol–water partition coefficient (Wildman–Crippen LogP) is 6.28. The van der Waals surface area contributed by atoms with E-state index in [4.69, 9.17) is 11.6 Å². The van der Waals surface area contributed by atoms with Crippen LogP contribution in [0, 0.1) is 34.6 Å². The molecule has 0 atom stereocenters. The highest BCUT2D eigenvalue weighted by Gasteiger charge is 2.40. The summed E-state index contributed by atoms with van der Waals surface area (Å²) in [5.41, 5.74) is 7.70. The van der Waals surface area contributed by atoms with Gasteiger partial charge in [0.2, 0.25) is 0 Å². The van der Waals surface area contributed by atoms with Gasteiger partial charge < -0.3 is 5.32 Å². The van der Waals surface area contributed by atoms with Crippen molar-refractivity contribution in [1.29, 1.82) is 0 Å². The van der Waals surface area contributed by atoms with Gasteiger partial charge >= 0.3 is 0 Å². The second-order valence-corrected chi connectivity index (χ2v) is 8.86. The summed E-state index contributed by atoms with van der Waals surface area (Å²) in [6.45, 7) is 9.84. The van der Waals surface area contributed by atoms with Crippen LogP contribution < -0.4 is 10.2 Å². The van der Waals surface area contributed by atoms with Gasteiger partial charge in [0.1, 0.15) is 5.70 Å². The van der Waals surface area contributed by atoms with Crippen LogP contribution in [0.15, 0.2) is 60.3 Å². The van der Waals surface area contributed by atoms with Gasteiger partial charge in [-0.2, -0.15) is 0 Å². The fourth-order valence-corrected chi connectivity index (χ4v) is 4.25. The van der Waals surface area contributed by atoms with Gasteiger partial charge in [0.05, 0.1) is 11.3 Å². The largest absolute Gasteiger partial charge is 0.350 e. The molecule has 4 nitrogen and oxygen atoms in total. The summed E-state index contributed by atoms with van der Waals surface area (Å²) in [7, 11) is 0. The molecule has 1 N–H and O–H groups in total. The smallest absolute Gasteiger partial charge is 0.282 e. The summed E-state index contributed by atoms with van der Waals surface area (Å²) in [6.07, 6.45) is 0. The minimum atomic E-state index is -0.373. The zero-order valence-electron chi connectivity index (χ0n) is 18.8. The van der Waals surface area contributed by atoms with Gasteiger partial charge in [0.15, 0.2) is 0 Å². The van der Waals surface area contributed by atoms with Crippen LogP contribution in [0.4, 0.5) is 11.4 Å². The third-order valence-corrected chi connectivity index (χ3v) is 6.03. The number of aryl methyl sites for hydroxylation is 5. The minimum absolute atomic E-state index is 0.267. The highest BCUT2D eigenvalue weighted by molar-refractivity contribution is 6.46. The molecule has 0 saturated heterocycles. The number of imide groups is 1. The van der Waals surface area contributed by atoms with E-state index in [0.29, 0.717) is 21.8 Å². The second kappa shape index (κ2) is 8.29. The van der Waals surface area contributed by atoms with E-state index >= 15 is 0 Å². The maximum Gasteiger partial charge on any atom is 0.282 e. The van der Waals surface area contributed by atoms with E-state index in [0.717, 1.165) is 33.5 Å². The van der Waals surface area contributed by atoms with Crippen molar-refractivity contribution >= 4 is 40.4 Å². The topological polar surface area (TPSA) is 49.4 Å². The van der Waals surface area contributed by atoms with E-state index in [1.165, 1.54) is 4.90 Å². The lowest BCUT2D eigenvalue weighted by molar-refractivity contribution is -0.120. The number of hydrogen-bond acceptors (Lipinski definition) is 3. The van der Waals surface area contributed by atoms with Crippen molar-refractivity contribution in [2.24, 2.45) is 0 Å². The van der Waals surface area contributed by atoms with E-state index < -0.39 is 0 Å². The first-order valence-electron chi connectivity index (χ1n) is 10.5. The number of halogens is 1. The first-order valence-corrected chi connectivity index (χ1v) is 10.9. The van der Waals surface area contributed by atoms with Gasteiger partial charge in [-0.1, -0.05) is 35.9 Å². The molecule has 0 spiro atoms. The average Bonchev–Trinajstić information content (AvgIpc) is 2.95. The monoisotopic (exact) mass is 444 g/mol. The highest BCUT2D eigenvalue weighted by atomic mass is 35.5. The van der Waals surface area contributed by atoms with E-state index in [2.05, 4.69) is 5.32 Å². The highest BCUT2D eigenvalue weighted by Crippen LogP contribution is 2.35. The number of nitrogens with zero attached hydrogens (tertiary/aromatic N) is 1. The van der Waals surface area contributed by atoms with Gasteiger partial charge in [0.25, 0.3) is 11.8 Å². The van der Waals surface area contributed by atoms with E-state index in [1.807, 2.05) is 83.1 Å². The number of benzene rings is 3. The lowest BCUT2D eigenvalue weighted by Crippen LogP contribution is -2.32. The number of carbonyl (C=O) groups excluding carboxylic acids is 2. The van der Waals surface area contributed by atoms with Crippen LogP contribution in [0.25, 0.3) is 5.57 Å². The Bertz CT molecular complexity index is 1290. The summed E-state index contributed by atoms with van der Waals surface area (Å²) in [5, 5.41) is 3.85. The maximum absolute atomic E-state index is 13.7. The fraction of sp³-hybridized carbons (Fsp3) is 0.185. The van der Waals surface area contributed by atoms with Crippen LogP contribution in [0.2, 0.25) is 5.02 Å². The number of amides is 2. The Balaban J connectivity index is 1.88. The van der Waals surface area contributed by atoms with Crippen LogP contribution in [-0.2, 0) is 9.59 Å². The molecule has 0 unspecified atom stereocenters. The number of nitrogens with one attached hydrogen (secondary N) is 1. The molecule has 4 rings (SSSR count). The third-order valence-electron chi connectivity index (χ3n) is 5.79. The Labute approximate surface area is 193 Å². The van der Waals surface area contributed by atoms with Gasteiger partial charge in [-0.15, -0.1) is 0 Å². The molecule has 0 saturated carbocycles. The molecule has 2 amide bonds. The molecule has 3 aromatic carbocycles. The van der Waals surface area contributed by atoms with Crippen molar-refractivity contribution in [3.63, 3.8) is 0 Å². The van der Waals surface area contributed by atoms with Crippen molar-refractivity contribution in [1.82, 2.24) is 0 Å². The van der Waals surface area contributed by atoms with Gasteiger partial charge in [-0.05, 0) is 98.3 Å². The van der Waals surface area contributed by atoms with Crippen molar-refractivity contribution in [2.45, 2.75) is 34.6 Å². The molecular weight excluding hydrogens is 420 g/mol. The summed E-state index contributed by atoms with van der Waals surface area (Å²) in [6, 6.07) is 17.0. The first kappa shape index (κ1) is 21.8. The number of rotatable bonds is 4. The Morgan fingerprint density at radius 2 is 1.41 bits per heavy atom. The summed E-state index contributed by atoms with van der Waals surface area (Å²) in [5.74, 6) is -0.708. The summed E-state index contributed by atoms with van der Waals surface area (Å²) >= 11 is 6.11. The lowest BCUT2D eigenvalue weighted by Gasteiger charge is -2.17. The van der Waals surface area contributed by atoms with Gasteiger partial charge in [-0.3, -0.25) is 9.59 Å². The predicted molar refractivity (Wildman–Crippen MR) is 131 cm³/mol. The van der Waals surface area contributed by atoms with E-state index in [9.17, 15) is 9.59 Å². The Morgan fingerprint density at radius 3 is 2.03 bits per heavy atom. The molecule has 32 heavy (non-hydrogen) atoms. The van der Waals surface area contributed by atoms with Crippen molar-refractivity contribution < 1.29 is 9.59 Å².